The number of allylic oxidation sites excluding steroid dienone is 1. The molecule has 0 N–H and O–H groups in total. The lowest BCUT2D eigenvalue weighted by molar-refractivity contribution is -0.144. The van der Waals surface area contributed by atoms with Gasteiger partial charge in [0.1, 0.15) is 5.76 Å². The molecule has 0 bridgehead atoms. The molecule has 2 rings (SSSR count). The van der Waals surface area contributed by atoms with E-state index in [1.807, 2.05) is 30.3 Å². The van der Waals surface area contributed by atoms with Crippen LogP contribution in [0.2, 0.25) is 0 Å². The Labute approximate surface area is 112 Å². The molecule has 4 nitrogen and oxygen atoms in total. The summed E-state index contributed by atoms with van der Waals surface area (Å²) in [5, 5.41) is 0. The molecule has 100 valence electrons. The third-order valence-electron chi connectivity index (χ3n) is 3.06. The van der Waals surface area contributed by atoms with E-state index in [1.165, 1.54) is 0 Å². The van der Waals surface area contributed by atoms with Crippen LogP contribution in [0.4, 0.5) is 0 Å². The molecule has 0 radical (unpaired) electrons. The lowest BCUT2D eigenvalue weighted by atomic mass is 9.86. The maximum atomic E-state index is 12.0. The van der Waals surface area contributed by atoms with E-state index >= 15 is 0 Å². The van der Waals surface area contributed by atoms with Gasteiger partial charge in [-0.05, 0) is 19.4 Å². The first-order chi connectivity index (χ1) is 9.13. The molecule has 0 saturated heterocycles. The van der Waals surface area contributed by atoms with Crippen LogP contribution >= 0.6 is 0 Å². The van der Waals surface area contributed by atoms with Gasteiger partial charge >= 0.3 is 11.9 Å². The van der Waals surface area contributed by atoms with Gasteiger partial charge in [-0.1, -0.05) is 30.3 Å². The van der Waals surface area contributed by atoms with Crippen LogP contribution in [0.5, 0.6) is 0 Å². The van der Waals surface area contributed by atoms with E-state index in [0.29, 0.717) is 17.9 Å². The van der Waals surface area contributed by atoms with Gasteiger partial charge in [-0.15, -0.1) is 0 Å². The van der Waals surface area contributed by atoms with Gasteiger partial charge in [0.05, 0.1) is 18.6 Å². The fourth-order valence-electron chi connectivity index (χ4n) is 2.25. The molecule has 0 aromatic heterocycles. The minimum absolute atomic E-state index is 0.162. The number of ether oxygens (including phenoxy) is 2. The molecule has 1 heterocycles. The predicted octanol–water partition coefficient (Wildman–Crippen LogP) is 2.55. The minimum atomic E-state index is -0.415. The number of cyclic esters (lactones) is 1. The average Bonchev–Trinajstić information content (AvgIpc) is 2.39. The number of hydrogen-bond donors (Lipinski definition) is 0. The monoisotopic (exact) mass is 260 g/mol. The highest BCUT2D eigenvalue weighted by Crippen LogP contribution is 2.35. The second-order valence-corrected chi connectivity index (χ2v) is 4.33. The molecule has 0 aliphatic carbocycles. The Hall–Kier alpha value is -2.10. The summed E-state index contributed by atoms with van der Waals surface area (Å²) in [7, 11) is 0. The fraction of sp³-hybridized carbons (Fsp3) is 0.333. The topological polar surface area (TPSA) is 52.6 Å². The fourth-order valence-corrected chi connectivity index (χ4v) is 2.25. The number of carbonyl (C=O) groups is 2. The summed E-state index contributed by atoms with van der Waals surface area (Å²) in [5.41, 5.74) is 1.36. The van der Waals surface area contributed by atoms with Gasteiger partial charge in [0.25, 0.3) is 0 Å². The second-order valence-electron chi connectivity index (χ2n) is 4.33. The minimum Gasteiger partial charge on any atom is -0.463 e. The van der Waals surface area contributed by atoms with Crippen LogP contribution in [0.15, 0.2) is 41.7 Å². The third kappa shape index (κ3) is 2.84. The van der Waals surface area contributed by atoms with Gasteiger partial charge in [0.2, 0.25) is 0 Å². The second kappa shape index (κ2) is 5.69. The Bertz CT molecular complexity index is 516. The smallest absolute Gasteiger partial charge is 0.338 e. The molecule has 1 atom stereocenters. The van der Waals surface area contributed by atoms with Crippen molar-refractivity contribution in [3.8, 4) is 0 Å². The molecule has 19 heavy (non-hydrogen) atoms. The summed E-state index contributed by atoms with van der Waals surface area (Å²) in [6, 6.07) is 9.46. The first kappa shape index (κ1) is 13.3. The van der Waals surface area contributed by atoms with E-state index in [0.717, 1.165) is 5.56 Å². The molecule has 1 unspecified atom stereocenters. The third-order valence-corrected chi connectivity index (χ3v) is 3.06. The highest BCUT2D eigenvalue weighted by Gasteiger charge is 2.34. The Morgan fingerprint density at radius 2 is 2.05 bits per heavy atom. The van der Waals surface area contributed by atoms with Crippen molar-refractivity contribution < 1.29 is 19.1 Å². The number of benzene rings is 1. The van der Waals surface area contributed by atoms with Crippen LogP contribution in [-0.2, 0) is 19.1 Å². The Balaban J connectivity index is 2.41. The highest BCUT2D eigenvalue weighted by atomic mass is 16.5. The predicted molar refractivity (Wildman–Crippen MR) is 69.2 cm³/mol. The Kier molecular flexibility index (Phi) is 4.00. The zero-order valence-corrected chi connectivity index (χ0v) is 11.0. The van der Waals surface area contributed by atoms with Crippen molar-refractivity contribution in [2.75, 3.05) is 6.61 Å². The summed E-state index contributed by atoms with van der Waals surface area (Å²) in [4.78, 5) is 23.6. The van der Waals surface area contributed by atoms with E-state index in [1.54, 1.807) is 13.8 Å². The summed E-state index contributed by atoms with van der Waals surface area (Å²) in [6.45, 7) is 3.67. The SMILES string of the molecule is CCOC(=O)C1=C(C)OC(=O)CC1c1ccccc1. The van der Waals surface area contributed by atoms with Gasteiger partial charge in [-0.25, -0.2) is 4.79 Å². The van der Waals surface area contributed by atoms with Crippen molar-refractivity contribution in [3.63, 3.8) is 0 Å². The van der Waals surface area contributed by atoms with Gasteiger partial charge in [0, 0.05) is 5.92 Å². The van der Waals surface area contributed by atoms with Crippen LogP contribution in [-0.4, -0.2) is 18.5 Å². The normalized spacial score (nSPS) is 19.1. The lowest BCUT2D eigenvalue weighted by Crippen LogP contribution is -2.25. The van der Waals surface area contributed by atoms with Crippen molar-refractivity contribution >= 4 is 11.9 Å². The quantitative estimate of drug-likeness (QED) is 0.784. The number of carbonyl (C=O) groups excluding carboxylic acids is 2. The van der Waals surface area contributed by atoms with Gasteiger partial charge in [-0.3, -0.25) is 4.79 Å². The zero-order chi connectivity index (χ0) is 13.8. The molecular formula is C15H16O4. The van der Waals surface area contributed by atoms with Crippen molar-refractivity contribution in [1.82, 2.24) is 0 Å². The molecule has 1 aromatic carbocycles. The summed E-state index contributed by atoms with van der Waals surface area (Å²) in [5.74, 6) is -0.689. The molecule has 0 saturated carbocycles. The number of rotatable bonds is 3. The molecule has 0 spiro atoms. The van der Waals surface area contributed by atoms with E-state index < -0.39 is 5.97 Å². The van der Waals surface area contributed by atoms with Gasteiger partial charge < -0.3 is 9.47 Å². The summed E-state index contributed by atoms with van der Waals surface area (Å²) < 4.78 is 10.1. The molecule has 1 aromatic rings. The number of hydrogen-bond acceptors (Lipinski definition) is 4. The summed E-state index contributed by atoms with van der Waals surface area (Å²) in [6.07, 6.45) is 0.162. The first-order valence-corrected chi connectivity index (χ1v) is 6.27. The van der Waals surface area contributed by atoms with Crippen molar-refractivity contribution in [3.05, 3.63) is 47.2 Å². The average molecular weight is 260 g/mol. The van der Waals surface area contributed by atoms with Gasteiger partial charge in [-0.2, -0.15) is 0 Å². The summed E-state index contributed by atoms with van der Waals surface area (Å²) >= 11 is 0. The lowest BCUT2D eigenvalue weighted by Gasteiger charge is -2.25. The Morgan fingerprint density at radius 1 is 1.37 bits per heavy atom. The molecule has 1 aliphatic rings. The van der Waals surface area contributed by atoms with Crippen molar-refractivity contribution in [2.24, 2.45) is 0 Å². The van der Waals surface area contributed by atoms with E-state index in [2.05, 4.69) is 0 Å². The molecule has 1 aliphatic heterocycles. The van der Waals surface area contributed by atoms with Crippen LogP contribution < -0.4 is 0 Å². The van der Waals surface area contributed by atoms with E-state index in [-0.39, 0.29) is 18.3 Å². The molecule has 0 amide bonds. The maximum absolute atomic E-state index is 12.0. The van der Waals surface area contributed by atoms with Crippen molar-refractivity contribution in [1.29, 1.82) is 0 Å². The number of esters is 2. The zero-order valence-electron chi connectivity index (χ0n) is 11.0. The first-order valence-electron chi connectivity index (χ1n) is 6.27. The van der Waals surface area contributed by atoms with Crippen LogP contribution in [0.25, 0.3) is 0 Å². The highest BCUT2D eigenvalue weighted by molar-refractivity contribution is 5.93. The van der Waals surface area contributed by atoms with Crippen LogP contribution in [0, 0.1) is 0 Å². The van der Waals surface area contributed by atoms with Crippen molar-refractivity contribution in [2.45, 2.75) is 26.2 Å². The standard InChI is InChI=1S/C15H16O4/c1-3-18-15(17)14-10(2)19-13(16)9-12(14)11-7-5-4-6-8-11/h4-8,12H,3,9H2,1-2H3. The molecule has 0 fully saturated rings. The van der Waals surface area contributed by atoms with Crippen LogP contribution in [0.3, 0.4) is 0 Å². The largest absolute Gasteiger partial charge is 0.463 e. The molecular weight excluding hydrogens is 244 g/mol. The maximum Gasteiger partial charge on any atom is 0.338 e. The molecule has 4 heteroatoms. The van der Waals surface area contributed by atoms with E-state index in [9.17, 15) is 9.59 Å². The Morgan fingerprint density at radius 3 is 2.68 bits per heavy atom. The van der Waals surface area contributed by atoms with Gasteiger partial charge in [0.15, 0.2) is 0 Å². The van der Waals surface area contributed by atoms with E-state index in [4.69, 9.17) is 9.47 Å². The van der Waals surface area contributed by atoms with Crippen LogP contribution in [0.1, 0.15) is 31.7 Å².